The molecule has 5 nitrogen and oxygen atoms in total. The topological polar surface area (TPSA) is 57.7 Å². The molecule has 1 aromatic rings. The second-order valence-electron chi connectivity index (χ2n) is 6.69. The SMILES string of the molecule is CCC(CC)(CNC(=NC)NC(C)COC)NC(C)c1ccccc1.I. The Morgan fingerprint density at radius 3 is 2.27 bits per heavy atom. The highest BCUT2D eigenvalue weighted by molar-refractivity contribution is 14.0. The molecular weight excluding hydrogens is 439 g/mol. The van der Waals surface area contributed by atoms with Crippen molar-refractivity contribution < 1.29 is 4.74 Å². The van der Waals surface area contributed by atoms with Gasteiger partial charge in [0.25, 0.3) is 0 Å². The van der Waals surface area contributed by atoms with Gasteiger partial charge < -0.3 is 20.7 Å². The molecule has 0 spiro atoms. The Hall–Kier alpha value is -0.860. The van der Waals surface area contributed by atoms with Gasteiger partial charge in [0.05, 0.1) is 6.61 Å². The fourth-order valence-corrected chi connectivity index (χ4v) is 3.01. The number of nitrogens with zero attached hydrogens (tertiary/aromatic N) is 1. The molecule has 1 aromatic carbocycles. The summed E-state index contributed by atoms with van der Waals surface area (Å²) < 4.78 is 5.18. The van der Waals surface area contributed by atoms with E-state index in [0.29, 0.717) is 12.6 Å². The lowest BCUT2D eigenvalue weighted by Crippen LogP contribution is -2.56. The smallest absolute Gasteiger partial charge is 0.191 e. The number of nitrogens with one attached hydrogen (secondary N) is 3. The van der Waals surface area contributed by atoms with Crippen LogP contribution in [0.5, 0.6) is 0 Å². The highest BCUT2D eigenvalue weighted by Crippen LogP contribution is 2.21. The molecule has 0 saturated carbocycles. The largest absolute Gasteiger partial charge is 0.383 e. The molecule has 0 aliphatic rings. The molecule has 0 fully saturated rings. The van der Waals surface area contributed by atoms with Crippen molar-refractivity contribution in [3.63, 3.8) is 0 Å². The van der Waals surface area contributed by atoms with Crippen LogP contribution in [0.15, 0.2) is 35.3 Å². The number of halogens is 1. The van der Waals surface area contributed by atoms with Gasteiger partial charge in [-0.3, -0.25) is 4.99 Å². The second kappa shape index (κ2) is 13.3. The summed E-state index contributed by atoms with van der Waals surface area (Å²) in [6.07, 6.45) is 2.08. The Kier molecular flexibility index (Phi) is 12.9. The molecule has 26 heavy (non-hydrogen) atoms. The van der Waals surface area contributed by atoms with E-state index in [-0.39, 0.29) is 35.6 Å². The normalized spacial score (nSPS) is 14.3. The molecule has 0 aliphatic carbocycles. The van der Waals surface area contributed by atoms with Gasteiger partial charge in [0.1, 0.15) is 0 Å². The van der Waals surface area contributed by atoms with Crippen LogP contribution in [-0.2, 0) is 4.74 Å². The van der Waals surface area contributed by atoms with Crippen LogP contribution < -0.4 is 16.0 Å². The molecule has 0 aromatic heterocycles. The molecule has 2 unspecified atom stereocenters. The summed E-state index contributed by atoms with van der Waals surface area (Å²) in [7, 11) is 3.51. The van der Waals surface area contributed by atoms with Crippen molar-refractivity contribution >= 4 is 29.9 Å². The van der Waals surface area contributed by atoms with Gasteiger partial charge >= 0.3 is 0 Å². The van der Waals surface area contributed by atoms with Crippen LogP contribution >= 0.6 is 24.0 Å². The Labute approximate surface area is 176 Å². The maximum atomic E-state index is 5.18. The molecule has 0 heterocycles. The van der Waals surface area contributed by atoms with Crippen molar-refractivity contribution in [3.8, 4) is 0 Å². The lowest BCUT2D eigenvalue weighted by atomic mass is 9.90. The van der Waals surface area contributed by atoms with Crippen molar-refractivity contribution in [2.75, 3.05) is 27.3 Å². The molecule has 150 valence electrons. The van der Waals surface area contributed by atoms with Crippen LogP contribution in [0, 0.1) is 0 Å². The number of ether oxygens (including phenoxy) is 1. The van der Waals surface area contributed by atoms with E-state index in [4.69, 9.17) is 4.74 Å². The van der Waals surface area contributed by atoms with Gasteiger partial charge in [-0.05, 0) is 32.3 Å². The van der Waals surface area contributed by atoms with Gasteiger partial charge in [0.15, 0.2) is 5.96 Å². The summed E-state index contributed by atoms with van der Waals surface area (Å²) in [6.45, 7) is 10.2. The predicted octanol–water partition coefficient (Wildman–Crippen LogP) is 3.71. The average Bonchev–Trinajstić information content (AvgIpc) is 2.64. The third-order valence-electron chi connectivity index (χ3n) is 4.79. The number of guanidine groups is 1. The highest BCUT2D eigenvalue weighted by atomic mass is 127. The van der Waals surface area contributed by atoms with Crippen molar-refractivity contribution in [2.45, 2.75) is 58.2 Å². The van der Waals surface area contributed by atoms with Gasteiger partial charge in [-0.25, -0.2) is 0 Å². The number of benzene rings is 1. The zero-order chi connectivity index (χ0) is 18.7. The van der Waals surface area contributed by atoms with Crippen molar-refractivity contribution in [1.82, 2.24) is 16.0 Å². The third kappa shape index (κ3) is 8.22. The number of rotatable bonds is 10. The van der Waals surface area contributed by atoms with E-state index in [2.05, 4.69) is 79.0 Å². The first kappa shape index (κ1) is 25.1. The molecule has 3 N–H and O–H groups in total. The lowest BCUT2D eigenvalue weighted by molar-refractivity contribution is 0.178. The maximum absolute atomic E-state index is 5.18. The fourth-order valence-electron chi connectivity index (χ4n) is 3.01. The minimum absolute atomic E-state index is 0. The van der Waals surface area contributed by atoms with E-state index >= 15 is 0 Å². The molecule has 0 radical (unpaired) electrons. The number of hydrogen-bond donors (Lipinski definition) is 3. The van der Waals surface area contributed by atoms with E-state index in [1.165, 1.54) is 5.56 Å². The van der Waals surface area contributed by atoms with E-state index in [1.807, 2.05) is 0 Å². The predicted molar refractivity (Wildman–Crippen MR) is 123 cm³/mol. The van der Waals surface area contributed by atoms with E-state index in [0.717, 1.165) is 25.3 Å². The summed E-state index contributed by atoms with van der Waals surface area (Å²) in [5.41, 5.74) is 1.32. The third-order valence-corrected chi connectivity index (χ3v) is 4.79. The summed E-state index contributed by atoms with van der Waals surface area (Å²) >= 11 is 0. The maximum Gasteiger partial charge on any atom is 0.191 e. The molecule has 0 saturated heterocycles. The molecule has 1 rings (SSSR count). The average molecular weight is 476 g/mol. The van der Waals surface area contributed by atoms with Crippen molar-refractivity contribution in [3.05, 3.63) is 35.9 Å². The zero-order valence-corrected chi connectivity index (χ0v) is 19.5. The Bertz CT molecular complexity index is 506. The Morgan fingerprint density at radius 1 is 1.15 bits per heavy atom. The Morgan fingerprint density at radius 2 is 1.77 bits per heavy atom. The number of aliphatic imine (C=N–C) groups is 1. The summed E-state index contributed by atoms with van der Waals surface area (Å²) in [4.78, 5) is 4.33. The minimum Gasteiger partial charge on any atom is -0.383 e. The molecule has 0 aliphatic heterocycles. The van der Waals surface area contributed by atoms with Gasteiger partial charge in [-0.2, -0.15) is 0 Å². The molecule has 2 atom stereocenters. The summed E-state index contributed by atoms with van der Waals surface area (Å²) in [5.74, 6) is 0.810. The van der Waals surface area contributed by atoms with Crippen LogP contribution in [0.25, 0.3) is 0 Å². The molecule has 6 heteroatoms. The van der Waals surface area contributed by atoms with Crippen LogP contribution in [0.2, 0.25) is 0 Å². The molecule has 0 bridgehead atoms. The van der Waals surface area contributed by atoms with E-state index in [1.54, 1.807) is 14.2 Å². The van der Waals surface area contributed by atoms with Crippen LogP contribution in [-0.4, -0.2) is 44.8 Å². The first-order chi connectivity index (χ1) is 12.0. The first-order valence-electron chi connectivity index (χ1n) is 9.29. The quantitative estimate of drug-likeness (QED) is 0.274. The second-order valence-corrected chi connectivity index (χ2v) is 6.69. The lowest BCUT2D eigenvalue weighted by Gasteiger charge is -2.37. The fraction of sp³-hybridized carbons (Fsp3) is 0.650. The van der Waals surface area contributed by atoms with Crippen LogP contribution in [0.4, 0.5) is 0 Å². The number of hydrogen-bond acceptors (Lipinski definition) is 3. The van der Waals surface area contributed by atoms with E-state index in [9.17, 15) is 0 Å². The summed E-state index contributed by atoms with van der Waals surface area (Å²) in [5, 5.41) is 10.7. The van der Waals surface area contributed by atoms with Crippen LogP contribution in [0.3, 0.4) is 0 Å². The van der Waals surface area contributed by atoms with Gasteiger partial charge in [0, 0.05) is 38.3 Å². The van der Waals surface area contributed by atoms with Gasteiger partial charge in [-0.1, -0.05) is 44.2 Å². The molecule has 0 amide bonds. The first-order valence-corrected chi connectivity index (χ1v) is 9.29. The van der Waals surface area contributed by atoms with Crippen molar-refractivity contribution in [2.24, 2.45) is 4.99 Å². The van der Waals surface area contributed by atoms with Crippen LogP contribution in [0.1, 0.15) is 52.1 Å². The highest BCUT2D eigenvalue weighted by Gasteiger charge is 2.28. The van der Waals surface area contributed by atoms with Gasteiger partial charge in [-0.15, -0.1) is 24.0 Å². The minimum atomic E-state index is 0. The van der Waals surface area contributed by atoms with Gasteiger partial charge in [0.2, 0.25) is 0 Å². The standard InChI is InChI=1S/C20H36N4O.HI/c1-7-20(8-2,24-17(4)18-12-10-9-11-13-18)15-22-19(21-5)23-16(3)14-25-6;/h9-13,16-17,24H,7-8,14-15H2,1-6H3,(H2,21,22,23);1H. The Balaban J connectivity index is 0.00000625. The summed E-state index contributed by atoms with van der Waals surface area (Å²) in [6, 6.07) is 11.1. The van der Waals surface area contributed by atoms with E-state index < -0.39 is 0 Å². The van der Waals surface area contributed by atoms with Crippen molar-refractivity contribution in [1.29, 1.82) is 0 Å². The molecular formula is C20H37IN4O. The monoisotopic (exact) mass is 476 g/mol. The number of methoxy groups -OCH3 is 1. The zero-order valence-electron chi connectivity index (χ0n) is 17.1.